The van der Waals surface area contributed by atoms with E-state index in [0.29, 0.717) is 29.4 Å². The average molecular weight is 491 g/mol. The SMILES string of the molecule is CCCC(C)NC(=O)C1CCCN(CC2=C(C(=O)OCC)C(c3ccc(Cl)cc3)NC(=O)N2)C1. The van der Waals surface area contributed by atoms with Gasteiger partial charge in [0, 0.05) is 29.9 Å². The van der Waals surface area contributed by atoms with Gasteiger partial charge in [-0.25, -0.2) is 9.59 Å². The van der Waals surface area contributed by atoms with E-state index in [1.54, 1.807) is 31.2 Å². The van der Waals surface area contributed by atoms with Gasteiger partial charge in [-0.3, -0.25) is 9.69 Å². The van der Waals surface area contributed by atoms with Crippen LogP contribution in [0.4, 0.5) is 4.79 Å². The third-order valence-corrected chi connectivity index (χ3v) is 6.47. The van der Waals surface area contributed by atoms with E-state index >= 15 is 0 Å². The molecule has 1 aromatic rings. The summed E-state index contributed by atoms with van der Waals surface area (Å²) in [5.41, 5.74) is 1.61. The number of nitrogens with zero attached hydrogens (tertiary/aromatic N) is 1. The Morgan fingerprint density at radius 2 is 2.00 bits per heavy atom. The third-order valence-electron chi connectivity index (χ3n) is 6.22. The summed E-state index contributed by atoms with van der Waals surface area (Å²) in [5.74, 6) is -0.535. The number of piperidine rings is 1. The molecule has 186 valence electrons. The largest absolute Gasteiger partial charge is 0.463 e. The highest BCUT2D eigenvalue weighted by atomic mass is 35.5. The summed E-state index contributed by atoms with van der Waals surface area (Å²) in [6.45, 7) is 7.79. The molecule has 1 fully saturated rings. The van der Waals surface area contributed by atoms with Gasteiger partial charge in [0.25, 0.3) is 0 Å². The van der Waals surface area contributed by atoms with Gasteiger partial charge in [-0.15, -0.1) is 0 Å². The van der Waals surface area contributed by atoms with Gasteiger partial charge in [0.15, 0.2) is 0 Å². The van der Waals surface area contributed by atoms with Gasteiger partial charge < -0.3 is 20.7 Å². The van der Waals surface area contributed by atoms with Crippen LogP contribution in [0.5, 0.6) is 0 Å². The van der Waals surface area contributed by atoms with Crippen molar-refractivity contribution >= 4 is 29.5 Å². The van der Waals surface area contributed by atoms with Crippen LogP contribution in [-0.4, -0.2) is 55.1 Å². The van der Waals surface area contributed by atoms with Crippen molar-refractivity contribution in [2.45, 2.75) is 58.5 Å². The van der Waals surface area contributed by atoms with Crippen LogP contribution >= 0.6 is 11.6 Å². The summed E-state index contributed by atoms with van der Waals surface area (Å²) >= 11 is 6.03. The first kappa shape index (κ1) is 26.0. The fourth-order valence-corrected chi connectivity index (χ4v) is 4.73. The van der Waals surface area contributed by atoms with Crippen molar-refractivity contribution in [1.29, 1.82) is 0 Å². The molecule has 2 aliphatic heterocycles. The van der Waals surface area contributed by atoms with Gasteiger partial charge in [0.05, 0.1) is 24.1 Å². The molecule has 3 unspecified atom stereocenters. The molecule has 34 heavy (non-hydrogen) atoms. The molecule has 3 atom stereocenters. The Morgan fingerprint density at radius 3 is 2.68 bits per heavy atom. The van der Waals surface area contributed by atoms with Crippen molar-refractivity contribution in [1.82, 2.24) is 20.9 Å². The Hall–Kier alpha value is -2.58. The maximum atomic E-state index is 13.0. The lowest BCUT2D eigenvalue weighted by Crippen LogP contribution is -2.50. The number of amides is 3. The lowest BCUT2D eigenvalue weighted by Gasteiger charge is -2.36. The Morgan fingerprint density at radius 1 is 1.26 bits per heavy atom. The number of ether oxygens (including phenoxy) is 1. The van der Waals surface area contributed by atoms with E-state index in [1.807, 2.05) is 6.92 Å². The predicted molar refractivity (Wildman–Crippen MR) is 131 cm³/mol. The van der Waals surface area contributed by atoms with Crippen molar-refractivity contribution in [3.8, 4) is 0 Å². The lowest BCUT2D eigenvalue weighted by molar-refractivity contribution is -0.139. The van der Waals surface area contributed by atoms with Crippen molar-refractivity contribution in [2.75, 3.05) is 26.2 Å². The zero-order valence-corrected chi connectivity index (χ0v) is 20.9. The number of carbonyl (C=O) groups is 3. The van der Waals surface area contributed by atoms with Crippen molar-refractivity contribution in [2.24, 2.45) is 5.92 Å². The molecule has 9 heteroatoms. The molecule has 8 nitrogen and oxygen atoms in total. The van der Waals surface area contributed by atoms with E-state index in [1.165, 1.54) is 0 Å². The third kappa shape index (κ3) is 6.73. The zero-order valence-electron chi connectivity index (χ0n) is 20.2. The Kier molecular flexibility index (Phi) is 9.36. The predicted octanol–water partition coefficient (Wildman–Crippen LogP) is 3.53. The van der Waals surface area contributed by atoms with Crippen LogP contribution < -0.4 is 16.0 Å². The second-order valence-electron chi connectivity index (χ2n) is 8.97. The second kappa shape index (κ2) is 12.2. The zero-order chi connectivity index (χ0) is 24.7. The van der Waals surface area contributed by atoms with Gasteiger partial charge in [0.2, 0.25) is 5.91 Å². The number of benzene rings is 1. The molecule has 2 heterocycles. The summed E-state index contributed by atoms with van der Waals surface area (Å²) in [6, 6.07) is 6.13. The highest BCUT2D eigenvalue weighted by Gasteiger charge is 2.35. The van der Waals surface area contributed by atoms with Gasteiger partial charge in [-0.2, -0.15) is 0 Å². The molecule has 0 radical (unpaired) electrons. The van der Waals surface area contributed by atoms with Crippen molar-refractivity contribution in [3.63, 3.8) is 0 Å². The number of esters is 1. The van der Waals surface area contributed by atoms with Crippen LogP contribution in [0.3, 0.4) is 0 Å². The first-order valence-corrected chi connectivity index (χ1v) is 12.5. The molecule has 0 aromatic heterocycles. The summed E-state index contributed by atoms with van der Waals surface area (Å²) in [5, 5.41) is 9.34. The number of hydrogen-bond acceptors (Lipinski definition) is 5. The molecule has 0 spiro atoms. The molecule has 3 amide bonds. The van der Waals surface area contributed by atoms with E-state index in [9.17, 15) is 14.4 Å². The number of rotatable bonds is 9. The summed E-state index contributed by atoms with van der Waals surface area (Å²) < 4.78 is 5.34. The number of halogens is 1. The quantitative estimate of drug-likeness (QED) is 0.460. The number of nitrogens with one attached hydrogen (secondary N) is 3. The van der Waals surface area contributed by atoms with Gasteiger partial charge in [-0.05, 0) is 57.4 Å². The van der Waals surface area contributed by atoms with Crippen LogP contribution in [0.2, 0.25) is 5.02 Å². The van der Waals surface area contributed by atoms with Crippen molar-refractivity contribution in [3.05, 3.63) is 46.1 Å². The number of urea groups is 1. The van der Waals surface area contributed by atoms with Crippen LogP contribution in [-0.2, 0) is 14.3 Å². The molecule has 3 N–H and O–H groups in total. The van der Waals surface area contributed by atoms with Crippen LogP contribution in [0, 0.1) is 5.92 Å². The first-order valence-electron chi connectivity index (χ1n) is 12.1. The minimum absolute atomic E-state index is 0.0682. The fourth-order valence-electron chi connectivity index (χ4n) is 4.60. The average Bonchev–Trinajstić information content (AvgIpc) is 2.79. The van der Waals surface area contributed by atoms with E-state index in [-0.39, 0.29) is 30.5 Å². The molecule has 0 aliphatic carbocycles. The Bertz CT molecular complexity index is 918. The van der Waals surface area contributed by atoms with Crippen LogP contribution in [0.25, 0.3) is 0 Å². The standard InChI is InChI=1S/C25H35ClN4O4/c1-4-7-16(3)27-23(31)18-8-6-13-30(14-18)15-20-21(24(32)34-5-2)22(29-25(33)28-20)17-9-11-19(26)12-10-17/h9-12,16,18,22H,4-8,13-15H2,1-3H3,(H,27,31)(H2,28,29,33). The number of likely N-dealkylation sites (tertiary alicyclic amines) is 1. The van der Waals surface area contributed by atoms with Crippen LogP contribution in [0.15, 0.2) is 35.5 Å². The topological polar surface area (TPSA) is 99.8 Å². The van der Waals surface area contributed by atoms with E-state index in [0.717, 1.165) is 37.8 Å². The van der Waals surface area contributed by atoms with Crippen LogP contribution in [0.1, 0.15) is 58.1 Å². The number of carbonyl (C=O) groups excluding carboxylic acids is 3. The fraction of sp³-hybridized carbons (Fsp3) is 0.560. The summed E-state index contributed by atoms with van der Waals surface area (Å²) in [7, 11) is 0. The molecule has 3 rings (SSSR count). The lowest BCUT2D eigenvalue weighted by atomic mass is 9.93. The monoisotopic (exact) mass is 490 g/mol. The summed E-state index contributed by atoms with van der Waals surface area (Å²) in [6.07, 6.45) is 3.66. The van der Waals surface area contributed by atoms with E-state index < -0.39 is 12.0 Å². The molecular formula is C25H35ClN4O4. The molecule has 1 aromatic carbocycles. The van der Waals surface area contributed by atoms with E-state index in [4.69, 9.17) is 16.3 Å². The highest BCUT2D eigenvalue weighted by Crippen LogP contribution is 2.30. The number of hydrogen-bond donors (Lipinski definition) is 3. The maximum absolute atomic E-state index is 13.0. The second-order valence-corrected chi connectivity index (χ2v) is 9.40. The molecule has 1 saturated heterocycles. The van der Waals surface area contributed by atoms with Crippen molar-refractivity contribution < 1.29 is 19.1 Å². The maximum Gasteiger partial charge on any atom is 0.338 e. The molecule has 0 saturated carbocycles. The normalized spacial score (nSPS) is 21.9. The first-order chi connectivity index (χ1) is 16.3. The molecule has 2 aliphatic rings. The Labute approximate surface area is 206 Å². The van der Waals surface area contributed by atoms with Gasteiger partial charge >= 0.3 is 12.0 Å². The Balaban J connectivity index is 1.82. The smallest absolute Gasteiger partial charge is 0.338 e. The highest BCUT2D eigenvalue weighted by molar-refractivity contribution is 6.30. The summed E-state index contributed by atoms with van der Waals surface area (Å²) in [4.78, 5) is 40.4. The minimum atomic E-state index is -0.654. The molecular weight excluding hydrogens is 456 g/mol. The van der Waals surface area contributed by atoms with Gasteiger partial charge in [0.1, 0.15) is 0 Å². The van der Waals surface area contributed by atoms with E-state index in [2.05, 4.69) is 27.8 Å². The minimum Gasteiger partial charge on any atom is -0.463 e. The molecule has 0 bridgehead atoms. The van der Waals surface area contributed by atoms with Gasteiger partial charge in [-0.1, -0.05) is 37.1 Å².